The number of nitrogens with zero attached hydrogens (tertiary/aromatic N) is 2. The first-order valence-corrected chi connectivity index (χ1v) is 7.43. The Kier molecular flexibility index (Phi) is 4.64. The summed E-state index contributed by atoms with van der Waals surface area (Å²) in [5, 5.41) is 10.2. The van der Waals surface area contributed by atoms with E-state index in [4.69, 9.17) is 4.74 Å². The lowest BCUT2D eigenvalue weighted by Gasteiger charge is -2.10. The molecule has 3 aromatic rings. The third-order valence-electron chi connectivity index (χ3n) is 3.74. The zero-order valence-electron chi connectivity index (χ0n) is 12.9. The molecule has 0 amide bonds. The first-order valence-electron chi connectivity index (χ1n) is 7.43. The molecule has 4 nitrogen and oxygen atoms in total. The van der Waals surface area contributed by atoms with E-state index in [1.807, 2.05) is 54.7 Å². The number of pyridine rings is 2. The van der Waals surface area contributed by atoms with Gasteiger partial charge in [-0.15, -0.1) is 0 Å². The molecule has 23 heavy (non-hydrogen) atoms. The number of aliphatic hydroxyl groups is 1. The zero-order valence-corrected chi connectivity index (χ0v) is 12.9. The molecule has 0 aliphatic heterocycles. The van der Waals surface area contributed by atoms with Gasteiger partial charge in [0.2, 0.25) is 0 Å². The van der Waals surface area contributed by atoms with Gasteiger partial charge in [-0.3, -0.25) is 9.97 Å². The van der Waals surface area contributed by atoms with Crippen molar-refractivity contribution < 1.29 is 9.84 Å². The molecule has 0 saturated carbocycles. The highest BCUT2D eigenvalue weighted by molar-refractivity contribution is 5.63. The van der Waals surface area contributed by atoms with Crippen LogP contribution in [-0.2, 0) is 6.42 Å². The maximum atomic E-state index is 10.2. The molecular weight excluding hydrogens is 288 g/mol. The summed E-state index contributed by atoms with van der Waals surface area (Å²) in [6.45, 7) is 0. The first kappa shape index (κ1) is 15.2. The summed E-state index contributed by atoms with van der Waals surface area (Å²) >= 11 is 0. The normalized spacial score (nSPS) is 11.9. The quantitative estimate of drug-likeness (QED) is 0.784. The number of benzene rings is 1. The van der Waals surface area contributed by atoms with Gasteiger partial charge in [-0.05, 0) is 41.5 Å². The highest BCUT2D eigenvalue weighted by atomic mass is 16.5. The molecule has 1 N–H and O–H groups in total. The van der Waals surface area contributed by atoms with Crippen molar-refractivity contribution in [2.45, 2.75) is 12.5 Å². The molecule has 0 spiro atoms. The Balaban J connectivity index is 1.71. The molecule has 116 valence electrons. The van der Waals surface area contributed by atoms with Crippen molar-refractivity contribution in [1.29, 1.82) is 0 Å². The van der Waals surface area contributed by atoms with Gasteiger partial charge in [-0.1, -0.05) is 18.2 Å². The van der Waals surface area contributed by atoms with Crippen LogP contribution in [0, 0.1) is 0 Å². The van der Waals surface area contributed by atoms with Crippen LogP contribution < -0.4 is 4.74 Å². The second-order valence-electron chi connectivity index (χ2n) is 5.27. The van der Waals surface area contributed by atoms with E-state index in [0.29, 0.717) is 6.42 Å². The summed E-state index contributed by atoms with van der Waals surface area (Å²) in [5.41, 5.74) is 3.82. The summed E-state index contributed by atoms with van der Waals surface area (Å²) in [5.74, 6) is 0.832. The van der Waals surface area contributed by atoms with Crippen LogP contribution in [0.4, 0.5) is 0 Å². The Morgan fingerprint density at radius 3 is 2.26 bits per heavy atom. The van der Waals surface area contributed by atoms with Crippen LogP contribution in [0.25, 0.3) is 11.1 Å². The Bertz CT molecular complexity index is 741. The van der Waals surface area contributed by atoms with Crippen LogP contribution in [0.15, 0.2) is 67.1 Å². The summed E-state index contributed by atoms with van der Waals surface area (Å²) in [4.78, 5) is 8.41. The van der Waals surface area contributed by atoms with Gasteiger partial charge in [0.1, 0.15) is 5.75 Å². The van der Waals surface area contributed by atoms with Crippen molar-refractivity contribution >= 4 is 0 Å². The van der Waals surface area contributed by atoms with E-state index < -0.39 is 6.10 Å². The molecular formula is C19H18N2O2. The fraction of sp³-hybridized carbons (Fsp3) is 0.158. The predicted octanol–water partition coefficient (Wildman–Crippen LogP) is 3.43. The molecule has 0 aliphatic carbocycles. The van der Waals surface area contributed by atoms with Gasteiger partial charge in [0, 0.05) is 36.3 Å². The third-order valence-corrected chi connectivity index (χ3v) is 3.74. The van der Waals surface area contributed by atoms with E-state index in [0.717, 1.165) is 28.1 Å². The maximum Gasteiger partial charge on any atom is 0.118 e. The molecule has 0 aliphatic rings. The van der Waals surface area contributed by atoms with E-state index in [1.54, 1.807) is 19.5 Å². The summed E-state index contributed by atoms with van der Waals surface area (Å²) < 4.78 is 5.16. The molecule has 0 saturated heterocycles. The van der Waals surface area contributed by atoms with E-state index in [2.05, 4.69) is 9.97 Å². The second kappa shape index (κ2) is 7.03. The molecule has 2 aromatic heterocycles. The van der Waals surface area contributed by atoms with Crippen molar-refractivity contribution in [3.63, 3.8) is 0 Å². The molecule has 0 bridgehead atoms. The standard InChI is InChI=1S/C19H18N2O2/c1-23-18-6-3-14(4-7-18)16-2-5-17(21-13-16)12-19(22)15-8-10-20-11-9-15/h2-11,13,19,22H,12H2,1H3. The lowest BCUT2D eigenvalue weighted by molar-refractivity contribution is 0.177. The number of hydrogen-bond donors (Lipinski definition) is 1. The number of hydrogen-bond acceptors (Lipinski definition) is 4. The number of aliphatic hydroxyl groups excluding tert-OH is 1. The van der Waals surface area contributed by atoms with Gasteiger partial charge >= 0.3 is 0 Å². The van der Waals surface area contributed by atoms with Crippen LogP contribution >= 0.6 is 0 Å². The Hall–Kier alpha value is -2.72. The lowest BCUT2D eigenvalue weighted by atomic mass is 10.0. The largest absolute Gasteiger partial charge is 0.497 e. The number of methoxy groups -OCH3 is 1. The smallest absolute Gasteiger partial charge is 0.118 e. The number of rotatable bonds is 5. The molecule has 1 atom stereocenters. The Morgan fingerprint density at radius 1 is 0.957 bits per heavy atom. The van der Waals surface area contributed by atoms with Crippen LogP contribution in [-0.4, -0.2) is 22.2 Å². The predicted molar refractivity (Wildman–Crippen MR) is 89.1 cm³/mol. The summed E-state index contributed by atoms with van der Waals surface area (Å²) in [6, 6.07) is 15.5. The van der Waals surface area contributed by atoms with Gasteiger partial charge < -0.3 is 9.84 Å². The molecule has 1 unspecified atom stereocenters. The first-order chi connectivity index (χ1) is 11.3. The van der Waals surface area contributed by atoms with Crippen LogP contribution in [0.1, 0.15) is 17.4 Å². The fourth-order valence-electron chi connectivity index (χ4n) is 2.40. The fourth-order valence-corrected chi connectivity index (χ4v) is 2.40. The van der Waals surface area contributed by atoms with Gasteiger partial charge in [0.25, 0.3) is 0 Å². The van der Waals surface area contributed by atoms with Gasteiger partial charge in [0.15, 0.2) is 0 Å². The number of ether oxygens (including phenoxy) is 1. The summed E-state index contributed by atoms with van der Waals surface area (Å²) in [7, 11) is 1.65. The molecule has 1 aromatic carbocycles. The highest BCUT2D eigenvalue weighted by Gasteiger charge is 2.09. The van der Waals surface area contributed by atoms with Crippen molar-refractivity contribution in [1.82, 2.24) is 9.97 Å². The van der Waals surface area contributed by atoms with Crippen molar-refractivity contribution in [2.24, 2.45) is 0 Å². The minimum Gasteiger partial charge on any atom is -0.497 e. The Labute approximate surface area is 135 Å². The second-order valence-corrected chi connectivity index (χ2v) is 5.27. The third kappa shape index (κ3) is 3.73. The van der Waals surface area contributed by atoms with E-state index in [9.17, 15) is 5.11 Å². The van der Waals surface area contributed by atoms with Gasteiger partial charge in [0.05, 0.1) is 13.2 Å². The molecule has 0 radical (unpaired) electrons. The Morgan fingerprint density at radius 2 is 1.65 bits per heavy atom. The average molecular weight is 306 g/mol. The minimum absolute atomic E-state index is 0.479. The molecule has 2 heterocycles. The molecule has 0 fully saturated rings. The topological polar surface area (TPSA) is 55.2 Å². The zero-order chi connectivity index (χ0) is 16.1. The van der Waals surface area contributed by atoms with Gasteiger partial charge in [-0.2, -0.15) is 0 Å². The SMILES string of the molecule is COc1ccc(-c2ccc(CC(O)c3ccncc3)nc2)cc1. The molecule has 3 rings (SSSR count). The maximum absolute atomic E-state index is 10.2. The lowest BCUT2D eigenvalue weighted by Crippen LogP contribution is -2.03. The van der Waals surface area contributed by atoms with Crippen LogP contribution in [0.3, 0.4) is 0 Å². The monoisotopic (exact) mass is 306 g/mol. The van der Waals surface area contributed by atoms with Gasteiger partial charge in [-0.25, -0.2) is 0 Å². The average Bonchev–Trinajstić information content (AvgIpc) is 2.63. The number of aromatic nitrogens is 2. The van der Waals surface area contributed by atoms with E-state index in [1.165, 1.54) is 0 Å². The van der Waals surface area contributed by atoms with E-state index >= 15 is 0 Å². The van der Waals surface area contributed by atoms with Crippen LogP contribution in [0.2, 0.25) is 0 Å². The summed E-state index contributed by atoms with van der Waals surface area (Å²) in [6.07, 6.45) is 5.10. The van der Waals surface area contributed by atoms with Crippen molar-refractivity contribution in [3.8, 4) is 16.9 Å². The minimum atomic E-state index is -0.572. The van der Waals surface area contributed by atoms with E-state index in [-0.39, 0.29) is 0 Å². The molecule has 4 heteroatoms. The highest BCUT2D eigenvalue weighted by Crippen LogP contribution is 2.23. The van der Waals surface area contributed by atoms with Crippen molar-refractivity contribution in [2.75, 3.05) is 7.11 Å². The van der Waals surface area contributed by atoms with Crippen LogP contribution in [0.5, 0.6) is 5.75 Å². The van der Waals surface area contributed by atoms with Crippen molar-refractivity contribution in [3.05, 3.63) is 78.4 Å².